The van der Waals surface area contributed by atoms with Crippen molar-refractivity contribution >= 4 is 23.0 Å². The summed E-state index contributed by atoms with van der Waals surface area (Å²) in [6.07, 6.45) is 2.66. The van der Waals surface area contributed by atoms with E-state index in [0.29, 0.717) is 10.7 Å². The fourth-order valence-electron chi connectivity index (χ4n) is 1.57. The number of aromatic nitrogens is 1. The SMILES string of the molecule is Nc1cc(Cl)ccc1NCCc1ccccn1. The van der Waals surface area contributed by atoms with Gasteiger partial charge in [-0.25, -0.2) is 0 Å². The molecule has 0 aliphatic heterocycles. The normalized spacial score (nSPS) is 10.2. The number of nitrogens with zero attached hydrogens (tertiary/aromatic N) is 1. The molecule has 0 atom stereocenters. The summed E-state index contributed by atoms with van der Waals surface area (Å²) in [5, 5.41) is 3.92. The average Bonchev–Trinajstić information content (AvgIpc) is 2.33. The minimum Gasteiger partial charge on any atom is -0.397 e. The summed E-state index contributed by atoms with van der Waals surface area (Å²) in [7, 11) is 0. The van der Waals surface area contributed by atoms with Gasteiger partial charge in [0.15, 0.2) is 0 Å². The molecule has 0 amide bonds. The molecule has 1 heterocycles. The Hall–Kier alpha value is -1.74. The Morgan fingerprint density at radius 2 is 2.12 bits per heavy atom. The smallest absolute Gasteiger partial charge is 0.0575 e. The monoisotopic (exact) mass is 247 g/mol. The zero-order valence-electron chi connectivity index (χ0n) is 9.36. The number of nitrogens with one attached hydrogen (secondary N) is 1. The largest absolute Gasteiger partial charge is 0.397 e. The zero-order valence-corrected chi connectivity index (χ0v) is 10.1. The molecule has 0 saturated carbocycles. The Labute approximate surface area is 106 Å². The molecule has 0 saturated heterocycles. The zero-order chi connectivity index (χ0) is 12.1. The standard InChI is InChI=1S/C13H14ClN3/c14-10-4-5-13(12(15)9-10)17-8-6-11-3-1-2-7-16-11/h1-5,7,9,17H,6,8,15H2. The van der Waals surface area contributed by atoms with Gasteiger partial charge >= 0.3 is 0 Å². The number of hydrogen-bond acceptors (Lipinski definition) is 3. The van der Waals surface area contributed by atoms with E-state index < -0.39 is 0 Å². The van der Waals surface area contributed by atoms with Crippen molar-refractivity contribution in [1.82, 2.24) is 4.98 Å². The van der Waals surface area contributed by atoms with Crippen LogP contribution in [0.2, 0.25) is 5.02 Å². The number of rotatable bonds is 4. The molecule has 1 aromatic carbocycles. The van der Waals surface area contributed by atoms with Crippen molar-refractivity contribution in [3.05, 3.63) is 53.3 Å². The lowest BCUT2D eigenvalue weighted by Crippen LogP contribution is -2.07. The first-order chi connectivity index (χ1) is 8.25. The molecule has 0 unspecified atom stereocenters. The number of anilines is 2. The highest BCUT2D eigenvalue weighted by molar-refractivity contribution is 6.31. The van der Waals surface area contributed by atoms with E-state index >= 15 is 0 Å². The van der Waals surface area contributed by atoms with Gasteiger partial charge in [0.05, 0.1) is 11.4 Å². The number of pyridine rings is 1. The van der Waals surface area contributed by atoms with Crippen LogP contribution in [0.1, 0.15) is 5.69 Å². The summed E-state index contributed by atoms with van der Waals surface area (Å²) in [6.45, 7) is 0.794. The molecule has 0 fully saturated rings. The number of nitrogen functional groups attached to an aromatic ring is 1. The van der Waals surface area contributed by atoms with E-state index in [9.17, 15) is 0 Å². The molecular formula is C13H14ClN3. The molecule has 2 rings (SSSR count). The second-order valence-electron chi connectivity index (χ2n) is 3.73. The van der Waals surface area contributed by atoms with Crippen molar-refractivity contribution in [1.29, 1.82) is 0 Å². The molecule has 3 nitrogen and oxygen atoms in total. The predicted molar refractivity (Wildman–Crippen MR) is 72.3 cm³/mol. The van der Waals surface area contributed by atoms with E-state index in [0.717, 1.165) is 24.3 Å². The lowest BCUT2D eigenvalue weighted by Gasteiger charge is -2.09. The van der Waals surface area contributed by atoms with Crippen molar-refractivity contribution in [2.75, 3.05) is 17.6 Å². The highest BCUT2D eigenvalue weighted by Gasteiger charge is 1.99. The van der Waals surface area contributed by atoms with E-state index in [1.165, 1.54) is 0 Å². The molecular weight excluding hydrogens is 234 g/mol. The molecule has 0 spiro atoms. The summed E-state index contributed by atoms with van der Waals surface area (Å²) in [4.78, 5) is 4.25. The number of halogens is 1. The number of hydrogen-bond donors (Lipinski definition) is 2. The summed E-state index contributed by atoms with van der Waals surface area (Å²) >= 11 is 5.83. The maximum atomic E-state index is 5.84. The average molecular weight is 248 g/mol. The molecule has 4 heteroatoms. The van der Waals surface area contributed by atoms with Crippen LogP contribution in [0.4, 0.5) is 11.4 Å². The molecule has 0 aliphatic rings. The number of nitrogens with two attached hydrogens (primary N) is 1. The van der Waals surface area contributed by atoms with Crippen LogP contribution in [-0.4, -0.2) is 11.5 Å². The van der Waals surface area contributed by atoms with Crippen LogP contribution in [0.3, 0.4) is 0 Å². The van der Waals surface area contributed by atoms with Gasteiger partial charge in [0.1, 0.15) is 0 Å². The van der Waals surface area contributed by atoms with Gasteiger partial charge in [0.25, 0.3) is 0 Å². The van der Waals surface area contributed by atoms with E-state index in [1.54, 1.807) is 12.3 Å². The molecule has 1 aromatic heterocycles. The van der Waals surface area contributed by atoms with E-state index in [-0.39, 0.29) is 0 Å². The van der Waals surface area contributed by atoms with E-state index in [4.69, 9.17) is 17.3 Å². The van der Waals surface area contributed by atoms with Gasteiger partial charge < -0.3 is 11.1 Å². The van der Waals surface area contributed by atoms with Gasteiger partial charge in [-0.3, -0.25) is 4.98 Å². The van der Waals surface area contributed by atoms with Gasteiger partial charge in [-0.15, -0.1) is 0 Å². The molecule has 88 valence electrons. The Morgan fingerprint density at radius 3 is 2.82 bits per heavy atom. The van der Waals surface area contributed by atoms with Gasteiger partial charge in [-0.05, 0) is 30.3 Å². The minimum absolute atomic E-state index is 0.651. The molecule has 0 bridgehead atoms. The van der Waals surface area contributed by atoms with Gasteiger partial charge in [-0.1, -0.05) is 17.7 Å². The Morgan fingerprint density at radius 1 is 1.24 bits per heavy atom. The van der Waals surface area contributed by atoms with Gasteiger partial charge in [-0.2, -0.15) is 0 Å². The van der Waals surface area contributed by atoms with Crippen LogP contribution in [0.25, 0.3) is 0 Å². The first kappa shape index (κ1) is 11.7. The van der Waals surface area contributed by atoms with Crippen LogP contribution in [0.5, 0.6) is 0 Å². The molecule has 2 aromatic rings. The van der Waals surface area contributed by atoms with Crippen LogP contribution in [-0.2, 0) is 6.42 Å². The van der Waals surface area contributed by atoms with E-state index in [2.05, 4.69) is 10.3 Å². The van der Waals surface area contributed by atoms with Crippen molar-refractivity contribution < 1.29 is 0 Å². The molecule has 0 radical (unpaired) electrons. The second kappa shape index (κ2) is 5.55. The van der Waals surface area contributed by atoms with E-state index in [1.807, 2.05) is 30.3 Å². The maximum Gasteiger partial charge on any atom is 0.0575 e. The summed E-state index contributed by atoms with van der Waals surface area (Å²) < 4.78 is 0. The van der Waals surface area contributed by atoms with Gasteiger partial charge in [0.2, 0.25) is 0 Å². The summed E-state index contributed by atoms with van der Waals surface area (Å²) in [6, 6.07) is 11.3. The lowest BCUT2D eigenvalue weighted by atomic mass is 10.2. The van der Waals surface area contributed by atoms with Crippen molar-refractivity contribution in [3.63, 3.8) is 0 Å². The van der Waals surface area contributed by atoms with Crippen LogP contribution in [0.15, 0.2) is 42.6 Å². The summed E-state index contributed by atoms with van der Waals surface area (Å²) in [5.74, 6) is 0. The van der Waals surface area contributed by atoms with Crippen LogP contribution < -0.4 is 11.1 Å². The molecule has 17 heavy (non-hydrogen) atoms. The molecule has 3 N–H and O–H groups in total. The first-order valence-corrected chi connectivity index (χ1v) is 5.82. The Bertz CT molecular complexity index is 485. The number of benzene rings is 1. The third kappa shape index (κ3) is 3.36. The van der Waals surface area contributed by atoms with Crippen LogP contribution >= 0.6 is 11.6 Å². The second-order valence-corrected chi connectivity index (χ2v) is 4.17. The predicted octanol–water partition coefficient (Wildman–Crippen LogP) is 2.97. The van der Waals surface area contributed by atoms with Crippen molar-refractivity contribution in [2.24, 2.45) is 0 Å². The van der Waals surface area contributed by atoms with Gasteiger partial charge in [0, 0.05) is 29.9 Å². The molecule has 0 aliphatic carbocycles. The highest BCUT2D eigenvalue weighted by Crippen LogP contribution is 2.22. The topological polar surface area (TPSA) is 50.9 Å². The first-order valence-electron chi connectivity index (χ1n) is 5.44. The Balaban J connectivity index is 1.90. The fourth-order valence-corrected chi connectivity index (χ4v) is 1.75. The van der Waals surface area contributed by atoms with Crippen molar-refractivity contribution in [3.8, 4) is 0 Å². The minimum atomic E-state index is 0.651. The third-order valence-electron chi connectivity index (χ3n) is 2.44. The summed E-state index contributed by atoms with van der Waals surface area (Å²) in [5.41, 5.74) is 8.47. The maximum absolute atomic E-state index is 5.84. The fraction of sp³-hybridized carbons (Fsp3) is 0.154. The van der Waals surface area contributed by atoms with Crippen LogP contribution in [0, 0.1) is 0 Å². The Kier molecular flexibility index (Phi) is 3.83. The lowest BCUT2D eigenvalue weighted by molar-refractivity contribution is 0.962. The van der Waals surface area contributed by atoms with Crippen molar-refractivity contribution in [2.45, 2.75) is 6.42 Å². The third-order valence-corrected chi connectivity index (χ3v) is 2.67. The quantitative estimate of drug-likeness (QED) is 0.817. The highest BCUT2D eigenvalue weighted by atomic mass is 35.5.